The summed E-state index contributed by atoms with van der Waals surface area (Å²) < 4.78 is 28.3. The number of carbonyl (C=O) groups excluding carboxylic acids is 3. The van der Waals surface area contributed by atoms with Gasteiger partial charge in [-0.1, -0.05) is 47.7 Å². The topological polar surface area (TPSA) is 113 Å². The number of amides is 1. The molecule has 3 saturated heterocycles. The van der Waals surface area contributed by atoms with Crippen LogP contribution >= 0.6 is 22.6 Å². The molecule has 2 unspecified atom stereocenters. The van der Waals surface area contributed by atoms with Crippen molar-refractivity contribution >= 4 is 40.4 Å². The summed E-state index contributed by atoms with van der Waals surface area (Å²) in [7, 11) is 1.40. The lowest BCUT2D eigenvalue weighted by atomic mass is 9.88. The van der Waals surface area contributed by atoms with Crippen molar-refractivity contribution in [3.63, 3.8) is 0 Å². The van der Waals surface area contributed by atoms with E-state index in [1.165, 1.54) is 25.7 Å². The fourth-order valence-electron chi connectivity index (χ4n) is 5.18. The molecule has 3 fully saturated rings. The average Bonchev–Trinajstić information content (AvgIpc) is 3.64. The number of alkyl halides is 1. The van der Waals surface area contributed by atoms with Gasteiger partial charge in [-0.2, -0.15) is 0 Å². The van der Waals surface area contributed by atoms with Crippen LogP contribution in [0.1, 0.15) is 66.2 Å². The minimum Gasteiger partial charge on any atom is -0.493 e. The highest BCUT2D eigenvalue weighted by Crippen LogP contribution is 2.47. The predicted octanol–water partition coefficient (Wildman–Crippen LogP) is 4.33. The Morgan fingerprint density at radius 1 is 1.28 bits per heavy atom. The zero-order valence-electron chi connectivity index (χ0n) is 23.6. The van der Waals surface area contributed by atoms with Gasteiger partial charge in [0.05, 0.1) is 42.3 Å². The second-order valence-electron chi connectivity index (χ2n) is 10.9. The molecule has 0 aromatic rings. The molecule has 218 valence electrons. The van der Waals surface area contributed by atoms with E-state index in [1.54, 1.807) is 13.0 Å². The molecule has 0 bridgehead atoms. The van der Waals surface area contributed by atoms with Crippen LogP contribution in [-0.2, 0) is 38.1 Å². The molecule has 1 spiro atoms. The summed E-state index contributed by atoms with van der Waals surface area (Å²) in [5, 5.41) is 2.92. The second kappa shape index (κ2) is 14.1. The van der Waals surface area contributed by atoms with Crippen LogP contribution in [0.15, 0.2) is 36.1 Å². The van der Waals surface area contributed by atoms with Gasteiger partial charge in [0.2, 0.25) is 5.91 Å². The largest absolute Gasteiger partial charge is 0.493 e. The van der Waals surface area contributed by atoms with E-state index in [0.29, 0.717) is 5.76 Å². The minimum atomic E-state index is -0.478. The van der Waals surface area contributed by atoms with E-state index in [0.717, 1.165) is 38.7 Å². The first-order chi connectivity index (χ1) is 18.4. The molecule has 9 nitrogen and oxygen atoms in total. The number of rotatable bonds is 11. The van der Waals surface area contributed by atoms with E-state index in [4.69, 9.17) is 23.7 Å². The Balaban J connectivity index is 1.45. The summed E-state index contributed by atoms with van der Waals surface area (Å²) in [4.78, 5) is 35.1. The minimum absolute atomic E-state index is 0.0138. The summed E-state index contributed by atoms with van der Waals surface area (Å²) in [6.45, 7) is 12.0. The first kappa shape index (κ1) is 31.6. The lowest BCUT2D eigenvalue weighted by Crippen LogP contribution is -2.48. The van der Waals surface area contributed by atoms with Gasteiger partial charge < -0.3 is 29.0 Å². The van der Waals surface area contributed by atoms with E-state index in [2.05, 4.69) is 54.4 Å². The van der Waals surface area contributed by atoms with Gasteiger partial charge in [-0.3, -0.25) is 14.4 Å². The molecule has 0 aliphatic carbocycles. The van der Waals surface area contributed by atoms with Gasteiger partial charge in [0.1, 0.15) is 23.6 Å². The van der Waals surface area contributed by atoms with E-state index >= 15 is 0 Å². The van der Waals surface area contributed by atoms with Crippen LogP contribution in [-0.4, -0.2) is 71.5 Å². The second-order valence-corrected chi connectivity index (χ2v) is 12.3. The average molecular weight is 660 g/mol. The number of halogens is 1. The maximum Gasteiger partial charge on any atom is 0.308 e. The summed E-state index contributed by atoms with van der Waals surface area (Å²) in [5.74, 6) is -0.162. The quantitative estimate of drug-likeness (QED) is 0.0872. The van der Waals surface area contributed by atoms with Crippen molar-refractivity contribution in [2.75, 3.05) is 13.7 Å². The van der Waals surface area contributed by atoms with Crippen LogP contribution in [0.2, 0.25) is 0 Å². The van der Waals surface area contributed by atoms with Gasteiger partial charge in [-0.05, 0) is 45.1 Å². The van der Waals surface area contributed by atoms with Crippen molar-refractivity contribution in [3.05, 3.63) is 36.1 Å². The lowest BCUT2D eigenvalue weighted by molar-refractivity contribution is -0.148. The van der Waals surface area contributed by atoms with Gasteiger partial charge in [0.15, 0.2) is 0 Å². The first-order valence-electron chi connectivity index (χ1n) is 13.6. The van der Waals surface area contributed by atoms with Gasteiger partial charge in [0, 0.05) is 25.8 Å². The standard InChI is InChI=1S/C29H42INO8/c1-17(8-11-25-28(30)29(16-36-29)15-22(39-25)14-27(34)35-6)7-10-24-18(2)13-23(20(4)38-24)31-26(33)12-9-19(3)37-21(5)32/h7,9,12,18-19,22-25,28H,4,8,10-11,13-16H2,1-3,5-6H3,(H,31,33)/b12-9-,17-7+/t18-,19-,22?,23+,24-,25+,28?,29+/m0/s1. The molecule has 3 aliphatic rings. The molecular weight excluding hydrogens is 617 g/mol. The third-order valence-electron chi connectivity index (χ3n) is 7.55. The van der Waals surface area contributed by atoms with Crippen molar-refractivity contribution in [1.82, 2.24) is 5.32 Å². The summed E-state index contributed by atoms with van der Waals surface area (Å²) in [5.41, 5.74) is 1.08. The van der Waals surface area contributed by atoms with Crippen molar-refractivity contribution in [2.24, 2.45) is 5.92 Å². The normalized spacial score (nSPS) is 33.4. The summed E-state index contributed by atoms with van der Waals surface area (Å²) in [6.07, 6.45) is 8.66. The number of ether oxygens (including phenoxy) is 5. The SMILES string of the molecule is C=C1O[C@@H](C/C=C(\C)CC[C@H]2OC(CC(=O)OC)C[C@@]3(CO3)C2I)[C@@H](C)C[C@H]1NC(=O)/C=C\[C@H](C)OC(C)=O. The Morgan fingerprint density at radius 2 is 2.00 bits per heavy atom. The van der Waals surface area contributed by atoms with Crippen molar-refractivity contribution in [1.29, 1.82) is 0 Å². The molecule has 3 rings (SSSR count). The van der Waals surface area contributed by atoms with Gasteiger partial charge in [-0.15, -0.1) is 0 Å². The molecule has 1 N–H and O–H groups in total. The molecule has 0 aromatic carbocycles. The fraction of sp³-hybridized carbons (Fsp3) is 0.690. The van der Waals surface area contributed by atoms with E-state index in [-0.39, 0.29) is 58.1 Å². The molecule has 0 radical (unpaired) electrons. The number of nitrogens with one attached hydrogen (secondary N) is 1. The molecule has 10 heteroatoms. The summed E-state index contributed by atoms with van der Waals surface area (Å²) in [6, 6.07) is -0.276. The van der Waals surface area contributed by atoms with Crippen molar-refractivity contribution < 1.29 is 38.1 Å². The predicted molar refractivity (Wildman–Crippen MR) is 154 cm³/mol. The maximum atomic E-state index is 12.3. The van der Waals surface area contributed by atoms with E-state index < -0.39 is 12.1 Å². The van der Waals surface area contributed by atoms with Crippen LogP contribution in [0.3, 0.4) is 0 Å². The van der Waals surface area contributed by atoms with Crippen LogP contribution < -0.4 is 5.32 Å². The number of epoxide rings is 1. The van der Waals surface area contributed by atoms with Crippen LogP contribution in [0, 0.1) is 5.92 Å². The molecular formula is C29H42INO8. The number of carbonyl (C=O) groups is 3. The molecule has 39 heavy (non-hydrogen) atoms. The Bertz CT molecular complexity index is 974. The van der Waals surface area contributed by atoms with Gasteiger partial charge >= 0.3 is 11.9 Å². The van der Waals surface area contributed by atoms with E-state index in [1.807, 2.05) is 0 Å². The number of methoxy groups -OCH3 is 1. The maximum absolute atomic E-state index is 12.3. The molecule has 0 saturated carbocycles. The fourth-order valence-corrected chi connectivity index (χ4v) is 6.32. The smallest absolute Gasteiger partial charge is 0.308 e. The molecule has 1 amide bonds. The lowest BCUT2D eigenvalue weighted by Gasteiger charge is -2.38. The van der Waals surface area contributed by atoms with Crippen LogP contribution in [0.4, 0.5) is 0 Å². The number of hydrogen-bond donors (Lipinski definition) is 1. The monoisotopic (exact) mass is 659 g/mol. The van der Waals surface area contributed by atoms with E-state index in [9.17, 15) is 14.4 Å². The highest BCUT2D eigenvalue weighted by molar-refractivity contribution is 14.1. The van der Waals surface area contributed by atoms with Crippen LogP contribution in [0.25, 0.3) is 0 Å². The molecule has 3 aliphatic heterocycles. The van der Waals surface area contributed by atoms with Gasteiger partial charge in [0.25, 0.3) is 0 Å². The number of allylic oxidation sites excluding steroid dienone is 1. The summed E-state index contributed by atoms with van der Waals surface area (Å²) >= 11 is 2.44. The zero-order chi connectivity index (χ0) is 28.7. The van der Waals surface area contributed by atoms with Gasteiger partial charge in [-0.25, -0.2) is 0 Å². The van der Waals surface area contributed by atoms with Crippen molar-refractivity contribution in [2.45, 2.75) is 106 Å². The highest BCUT2D eigenvalue weighted by atomic mass is 127. The highest BCUT2D eigenvalue weighted by Gasteiger charge is 2.58. The molecule has 8 atom stereocenters. The Labute approximate surface area is 245 Å². The number of hydrogen-bond acceptors (Lipinski definition) is 8. The Morgan fingerprint density at radius 3 is 2.64 bits per heavy atom. The zero-order valence-corrected chi connectivity index (χ0v) is 25.7. The first-order valence-corrected chi connectivity index (χ1v) is 14.8. The Kier molecular flexibility index (Phi) is 11.4. The Hall–Kier alpha value is -1.92. The third kappa shape index (κ3) is 9.31. The number of esters is 2. The van der Waals surface area contributed by atoms with Crippen molar-refractivity contribution in [3.8, 4) is 0 Å². The molecule has 3 heterocycles. The third-order valence-corrected chi connectivity index (χ3v) is 9.49. The molecule has 0 aromatic heterocycles. The van der Waals surface area contributed by atoms with Crippen LogP contribution in [0.5, 0.6) is 0 Å².